The quantitative estimate of drug-likeness (QED) is 0.378. The molecule has 1 atom stereocenters. The molecular formula is C22H22IN5O2. The van der Waals surface area contributed by atoms with Crippen molar-refractivity contribution in [2.45, 2.75) is 30.0 Å². The van der Waals surface area contributed by atoms with Gasteiger partial charge in [0.15, 0.2) is 0 Å². The summed E-state index contributed by atoms with van der Waals surface area (Å²) in [5.41, 5.74) is 16.5. The second-order valence-corrected chi connectivity index (χ2v) is 8.95. The number of anilines is 2. The number of benzene rings is 1. The molecule has 1 unspecified atom stereocenters. The van der Waals surface area contributed by atoms with Gasteiger partial charge < -0.3 is 21.0 Å². The van der Waals surface area contributed by atoms with Crippen LogP contribution in [0.1, 0.15) is 28.9 Å². The van der Waals surface area contributed by atoms with Crippen molar-refractivity contribution in [1.82, 2.24) is 9.97 Å². The van der Waals surface area contributed by atoms with E-state index in [4.69, 9.17) is 21.0 Å². The molecule has 0 fully saturated rings. The molecule has 8 heteroatoms. The van der Waals surface area contributed by atoms with Crippen LogP contribution < -0.4 is 16.2 Å². The van der Waals surface area contributed by atoms with Gasteiger partial charge in [-0.2, -0.15) is 0 Å². The number of pyridine rings is 2. The number of aryl methyl sites for hydroxylation is 1. The molecule has 154 valence electrons. The monoisotopic (exact) mass is 515 g/mol. The van der Waals surface area contributed by atoms with Gasteiger partial charge in [0, 0.05) is 18.5 Å². The molecule has 4 rings (SSSR count). The third-order valence-electron chi connectivity index (χ3n) is 4.76. The van der Waals surface area contributed by atoms with Crippen LogP contribution in [0.25, 0.3) is 0 Å². The highest BCUT2D eigenvalue weighted by molar-refractivity contribution is 14.1. The van der Waals surface area contributed by atoms with Gasteiger partial charge in [-0.3, -0.25) is 4.98 Å². The molecule has 7 nitrogen and oxygen atoms in total. The van der Waals surface area contributed by atoms with E-state index in [1.54, 1.807) is 6.07 Å². The predicted molar refractivity (Wildman–Crippen MR) is 125 cm³/mol. The van der Waals surface area contributed by atoms with Crippen molar-refractivity contribution in [2.24, 2.45) is 5.16 Å². The van der Waals surface area contributed by atoms with E-state index in [9.17, 15) is 0 Å². The van der Waals surface area contributed by atoms with E-state index < -0.39 is 3.61 Å². The number of hydrogen-bond acceptors (Lipinski definition) is 7. The maximum absolute atomic E-state index is 6.03. The molecule has 3 heterocycles. The molecule has 3 aromatic rings. The fourth-order valence-corrected chi connectivity index (χ4v) is 4.28. The summed E-state index contributed by atoms with van der Waals surface area (Å²) in [7, 11) is 0. The third-order valence-corrected chi connectivity index (χ3v) is 5.92. The topological polar surface area (TPSA) is 109 Å². The van der Waals surface area contributed by atoms with Crippen LogP contribution in [0.2, 0.25) is 0 Å². The number of aromatic nitrogens is 2. The van der Waals surface area contributed by atoms with Crippen LogP contribution in [-0.4, -0.2) is 15.7 Å². The number of ether oxygens (including phenoxy) is 1. The Kier molecular flexibility index (Phi) is 5.76. The van der Waals surface area contributed by atoms with Crippen molar-refractivity contribution >= 4 is 39.9 Å². The molecule has 1 aromatic carbocycles. The number of rotatable bonds is 6. The van der Waals surface area contributed by atoms with Crippen LogP contribution >= 0.6 is 22.6 Å². The predicted octanol–water partition coefficient (Wildman–Crippen LogP) is 4.14. The first-order chi connectivity index (χ1) is 14.4. The number of oxime groups is 1. The molecule has 0 aliphatic carbocycles. The fraction of sp³-hybridized carbons (Fsp3) is 0.227. The van der Waals surface area contributed by atoms with Crippen LogP contribution in [0.5, 0.6) is 5.75 Å². The maximum atomic E-state index is 6.03. The Hall–Kier alpha value is -2.88. The van der Waals surface area contributed by atoms with Gasteiger partial charge in [-0.1, -0.05) is 23.4 Å². The Morgan fingerprint density at radius 3 is 2.60 bits per heavy atom. The Morgan fingerprint density at radius 1 is 1.07 bits per heavy atom. The zero-order valence-electron chi connectivity index (χ0n) is 16.5. The molecule has 2 aromatic heterocycles. The van der Waals surface area contributed by atoms with Crippen LogP contribution in [0, 0.1) is 6.92 Å². The van der Waals surface area contributed by atoms with Crippen LogP contribution in [0.15, 0.2) is 59.8 Å². The van der Waals surface area contributed by atoms with Crippen molar-refractivity contribution in [1.29, 1.82) is 0 Å². The summed E-state index contributed by atoms with van der Waals surface area (Å²) < 4.78 is 5.17. The molecule has 0 spiro atoms. The normalized spacial score (nSPS) is 18.0. The second kappa shape index (κ2) is 8.47. The molecule has 4 N–H and O–H groups in total. The van der Waals surface area contributed by atoms with E-state index in [2.05, 4.69) is 37.7 Å². The number of nitrogens with two attached hydrogens (primary N) is 2. The van der Waals surface area contributed by atoms with Crippen LogP contribution in [-0.2, 0) is 21.5 Å². The van der Waals surface area contributed by atoms with Crippen molar-refractivity contribution in [3.8, 4) is 5.75 Å². The van der Waals surface area contributed by atoms with Crippen molar-refractivity contribution in [2.75, 3.05) is 11.5 Å². The molecule has 0 amide bonds. The number of nitrogens with zero attached hydrogens (tertiary/aromatic N) is 3. The summed E-state index contributed by atoms with van der Waals surface area (Å²) in [5.74, 6) is 1.55. The van der Waals surface area contributed by atoms with E-state index in [1.807, 2.05) is 55.5 Å². The Balaban J connectivity index is 1.36. The summed E-state index contributed by atoms with van der Waals surface area (Å²) in [4.78, 5) is 14.3. The molecule has 1 aliphatic heterocycles. The second-order valence-electron chi connectivity index (χ2n) is 7.20. The van der Waals surface area contributed by atoms with E-state index in [0.717, 1.165) is 34.0 Å². The zero-order chi connectivity index (χ0) is 21.1. The highest BCUT2D eigenvalue weighted by Gasteiger charge is 2.40. The fourth-order valence-electron chi connectivity index (χ4n) is 3.29. The standard InChI is InChI=1S/C22H22IN5O2/c1-14-3-2-4-16(26-14)13-29-18-7-5-15(6-8-18)11-17-12-22(23,30-28-17)19-9-10-20(24)27-21(19)25/h2-10H,11-13H2,1H3,(H4,24,25,27). The van der Waals surface area contributed by atoms with Gasteiger partial charge in [-0.05, 0) is 71.5 Å². The maximum Gasteiger partial charge on any atom is 0.221 e. The lowest BCUT2D eigenvalue weighted by Gasteiger charge is -2.21. The van der Waals surface area contributed by atoms with Crippen molar-refractivity contribution in [3.63, 3.8) is 0 Å². The first-order valence-electron chi connectivity index (χ1n) is 9.51. The van der Waals surface area contributed by atoms with Crippen LogP contribution in [0.4, 0.5) is 11.6 Å². The van der Waals surface area contributed by atoms with Gasteiger partial charge >= 0.3 is 0 Å². The molecule has 0 saturated carbocycles. The molecule has 30 heavy (non-hydrogen) atoms. The SMILES string of the molecule is Cc1cccc(COc2ccc(CC3=NOC(I)(c4ccc(N)nc4N)C3)cc2)n1. The number of alkyl halides is 1. The van der Waals surface area contributed by atoms with E-state index in [0.29, 0.717) is 31.1 Å². The lowest BCUT2D eigenvalue weighted by Crippen LogP contribution is -2.21. The summed E-state index contributed by atoms with van der Waals surface area (Å²) >= 11 is 2.23. The van der Waals surface area contributed by atoms with Gasteiger partial charge in [0.2, 0.25) is 3.61 Å². The zero-order valence-corrected chi connectivity index (χ0v) is 18.7. The summed E-state index contributed by atoms with van der Waals surface area (Å²) in [6.07, 6.45) is 1.31. The average molecular weight is 515 g/mol. The summed E-state index contributed by atoms with van der Waals surface area (Å²) in [6, 6.07) is 17.5. The Bertz CT molecular complexity index is 1090. The highest BCUT2D eigenvalue weighted by atomic mass is 127. The third kappa shape index (κ3) is 4.64. The largest absolute Gasteiger partial charge is 0.487 e. The lowest BCUT2D eigenvalue weighted by molar-refractivity contribution is 0.0701. The minimum Gasteiger partial charge on any atom is -0.487 e. The molecule has 1 aliphatic rings. The number of halogens is 1. The smallest absolute Gasteiger partial charge is 0.221 e. The van der Waals surface area contributed by atoms with E-state index >= 15 is 0 Å². The minimum absolute atomic E-state index is 0.366. The van der Waals surface area contributed by atoms with Crippen LogP contribution in [0.3, 0.4) is 0 Å². The molecular weight excluding hydrogens is 493 g/mol. The molecule has 0 radical (unpaired) electrons. The van der Waals surface area contributed by atoms with Gasteiger partial charge in [-0.15, -0.1) is 0 Å². The van der Waals surface area contributed by atoms with Gasteiger partial charge in [0.25, 0.3) is 0 Å². The first-order valence-corrected chi connectivity index (χ1v) is 10.6. The number of nitrogen functional groups attached to an aromatic ring is 2. The minimum atomic E-state index is -0.665. The molecule has 0 saturated heterocycles. The Labute approximate surface area is 188 Å². The van der Waals surface area contributed by atoms with E-state index in [1.165, 1.54) is 0 Å². The average Bonchev–Trinajstić information content (AvgIpc) is 3.09. The Morgan fingerprint density at radius 2 is 1.87 bits per heavy atom. The first kappa shape index (κ1) is 20.4. The highest BCUT2D eigenvalue weighted by Crippen LogP contribution is 2.43. The van der Waals surface area contributed by atoms with E-state index in [-0.39, 0.29) is 0 Å². The summed E-state index contributed by atoms with van der Waals surface area (Å²) in [5, 5.41) is 4.29. The molecule has 0 bridgehead atoms. The van der Waals surface area contributed by atoms with Gasteiger partial charge in [0.05, 0.1) is 17.0 Å². The van der Waals surface area contributed by atoms with Gasteiger partial charge in [0.1, 0.15) is 24.0 Å². The van der Waals surface area contributed by atoms with Crippen molar-refractivity contribution < 1.29 is 9.57 Å². The summed E-state index contributed by atoms with van der Waals surface area (Å²) in [6.45, 7) is 2.41. The lowest BCUT2D eigenvalue weighted by atomic mass is 10.0. The van der Waals surface area contributed by atoms with Gasteiger partial charge in [-0.25, -0.2) is 4.98 Å². The van der Waals surface area contributed by atoms with Crippen molar-refractivity contribution in [3.05, 3.63) is 77.1 Å². The number of hydrogen-bond donors (Lipinski definition) is 2.